The molecule has 0 aliphatic rings. The third-order valence-corrected chi connectivity index (χ3v) is 3.55. The first kappa shape index (κ1) is 16.6. The first-order valence-corrected chi connectivity index (χ1v) is 7.64. The van der Waals surface area contributed by atoms with Gasteiger partial charge in [-0.1, -0.05) is 17.7 Å². The molecule has 4 nitrogen and oxygen atoms in total. The molecule has 0 spiro atoms. The average molecular weight is 339 g/mol. The Hall–Kier alpha value is -1.75. The molecule has 116 valence electrons. The maximum Gasteiger partial charge on any atom is 0.255 e. The van der Waals surface area contributed by atoms with Crippen LogP contribution in [0.15, 0.2) is 48.5 Å². The molecule has 1 amide bonds. The highest BCUT2D eigenvalue weighted by Gasteiger charge is 2.07. The van der Waals surface area contributed by atoms with E-state index in [1.54, 1.807) is 36.4 Å². The molecule has 0 radical (unpaired) electrons. The van der Waals surface area contributed by atoms with E-state index in [4.69, 9.17) is 23.2 Å². The number of amides is 1. The number of anilines is 2. The van der Waals surface area contributed by atoms with Crippen molar-refractivity contribution >= 4 is 40.5 Å². The molecule has 3 N–H and O–H groups in total. The molecule has 2 rings (SSSR count). The van der Waals surface area contributed by atoms with E-state index in [0.717, 1.165) is 5.69 Å². The Labute approximate surface area is 139 Å². The number of hydrogen-bond acceptors (Lipinski definition) is 3. The number of hydrogen-bond donors (Lipinski definition) is 3. The Morgan fingerprint density at radius 2 is 1.82 bits per heavy atom. The van der Waals surface area contributed by atoms with Gasteiger partial charge in [0.1, 0.15) is 0 Å². The van der Waals surface area contributed by atoms with E-state index in [0.29, 0.717) is 22.8 Å². The Balaban J connectivity index is 2.00. The van der Waals surface area contributed by atoms with Crippen LogP contribution in [0.4, 0.5) is 11.4 Å². The molecule has 6 heteroatoms. The van der Waals surface area contributed by atoms with Crippen LogP contribution in [0, 0.1) is 0 Å². The quantitative estimate of drug-likeness (QED) is 0.705. The van der Waals surface area contributed by atoms with Crippen molar-refractivity contribution in [2.24, 2.45) is 0 Å². The van der Waals surface area contributed by atoms with Gasteiger partial charge in [-0.05, 0) is 42.5 Å². The monoisotopic (exact) mass is 338 g/mol. The van der Waals surface area contributed by atoms with Crippen molar-refractivity contribution in [3.8, 4) is 0 Å². The van der Waals surface area contributed by atoms with Crippen LogP contribution in [0.5, 0.6) is 0 Å². The fourth-order valence-electron chi connectivity index (χ4n) is 1.80. The van der Waals surface area contributed by atoms with Gasteiger partial charge in [0, 0.05) is 28.5 Å². The van der Waals surface area contributed by atoms with Gasteiger partial charge in [-0.2, -0.15) is 0 Å². The first-order valence-electron chi connectivity index (χ1n) is 6.73. The highest BCUT2D eigenvalue weighted by atomic mass is 35.5. The number of carbonyl (C=O) groups is 1. The Kier molecular flexibility index (Phi) is 6.07. The molecule has 0 aliphatic heterocycles. The van der Waals surface area contributed by atoms with E-state index >= 15 is 0 Å². The Morgan fingerprint density at radius 3 is 2.50 bits per heavy atom. The van der Waals surface area contributed by atoms with Gasteiger partial charge < -0.3 is 15.7 Å². The summed E-state index contributed by atoms with van der Waals surface area (Å²) in [7, 11) is 0. The van der Waals surface area contributed by atoms with Crippen LogP contribution >= 0.6 is 23.2 Å². The molecule has 0 bridgehead atoms. The van der Waals surface area contributed by atoms with Crippen LogP contribution < -0.4 is 10.6 Å². The van der Waals surface area contributed by atoms with Gasteiger partial charge in [0.25, 0.3) is 5.91 Å². The molecule has 0 aliphatic carbocycles. The zero-order chi connectivity index (χ0) is 15.9. The van der Waals surface area contributed by atoms with Gasteiger partial charge in [-0.15, -0.1) is 11.6 Å². The smallest absolute Gasteiger partial charge is 0.255 e. The van der Waals surface area contributed by atoms with Crippen LogP contribution in [0.25, 0.3) is 0 Å². The number of rotatable bonds is 6. The van der Waals surface area contributed by atoms with Gasteiger partial charge in [0.2, 0.25) is 0 Å². The minimum Gasteiger partial charge on any atom is -0.390 e. The summed E-state index contributed by atoms with van der Waals surface area (Å²) in [5.74, 6) is -0.0467. The zero-order valence-corrected chi connectivity index (χ0v) is 13.2. The molecule has 2 aromatic carbocycles. The number of halogens is 2. The van der Waals surface area contributed by atoms with Crippen LogP contribution in [0.1, 0.15) is 10.4 Å². The lowest BCUT2D eigenvalue weighted by Crippen LogP contribution is -2.20. The molecule has 22 heavy (non-hydrogen) atoms. The third kappa shape index (κ3) is 4.91. The summed E-state index contributed by atoms with van der Waals surface area (Å²) in [6.07, 6.45) is -0.617. The highest BCUT2D eigenvalue weighted by Crippen LogP contribution is 2.17. The number of benzene rings is 2. The second-order valence-corrected chi connectivity index (χ2v) is 5.48. The van der Waals surface area contributed by atoms with Gasteiger partial charge in [0.15, 0.2) is 0 Å². The predicted molar refractivity (Wildman–Crippen MR) is 91.1 cm³/mol. The molecule has 0 saturated carbocycles. The first-order chi connectivity index (χ1) is 10.6. The second-order valence-electron chi connectivity index (χ2n) is 4.73. The summed E-state index contributed by atoms with van der Waals surface area (Å²) in [6, 6.07) is 13.9. The summed E-state index contributed by atoms with van der Waals surface area (Å²) < 4.78 is 0. The topological polar surface area (TPSA) is 61.4 Å². The molecule has 0 saturated heterocycles. The van der Waals surface area contributed by atoms with Crippen LogP contribution in [-0.2, 0) is 0 Å². The lowest BCUT2D eigenvalue weighted by molar-refractivity contribution is 0.102. The number of aliphatic hydroxyl groups is 1. The van der Waals surface area contributed by atoms with Gasteiger partial charge in [-0.25, -0.2) is 0 Å². The predicted octanol–water partition coefficient (Wildman–Crippen LogP) is 3.60. The molecule has 0 aromatic heterocycles. The summed E-state index contributed by atoms with van der Waals surface area (Å²) in [5, 5.41) is 15.9. The van der Waals surface area contributed by atoms with Gasteiger partial charge in [-0.3, -0.25) is 4.79 Å². The summed E-state index contributed by atoms with van der Waals surface area (Å²) >= 11 is 11.3. The summed E-state index contributed by atoms with van der Waals surface area (Å²) in [4.78, 5) is 12.1. The molecule has 1 atom stereocenters. The van der Waals surface area contributed by atoms with Crippen LogP contribution in [0.3, 0.4) is 0 Å². The fraction of sp³-hybridized carbons (Fsp3) is 0.188. The number of nitrogens with one attached hydrogen (secondary N) is 2. The van der Waals surface area contributed by atoms with E-state index in [1.807, 2.05) is 12.1 Å². The molecule has 0 heterocycles. The van der Waals surface area contributed by atoms with Crippen molar-refractivity contribution in [1.29, 1.82) is 0 Å². The maximum absolute atomic E-state index is 12.1. The molecular formula is C16H16Cl2N2O2. The van der Waals surface area contributed by atoms with Gasteiger partial charge >= 0.3 is 0 Å². The molecule has 1 unspecified atom stereocenters. The fourth-order valence-corrected chi connectivity index (χ4v) is 2.04. The summed E-state index contributed by atoms with van der Waals surface area (Å²) in [6.45, 7) is 0.345. The van der Waals surface area contributed by atoms with E-state index in [9.17, 15) is 9.90 Å². The van der Waals surface area contributed by atoms with Gasteiger partial charge in [0.05, 0.1) is 12.0 Å². The number of aliphatic hydroxyl groups excluding tert-OH is 1. The SMILES string of the molecule is O=C(Nc1cccc(NCC(O)CCl)c1)c1ccc(Cl)cc1. The van der Waals surface area contributed by atoms with Crippen molar-refractivity contribution in [3.63, 3.8) is 0 Å². The average Bonchev–Trinajstić information content (AvgIpc) is 2.53. The van der Waals surface area contributed by atoms with Crippen molar-refractivity contribution in [3.05, 3.63) is 59.1 Å². The van der Waals surface area contributed by atoms with Crippen molar-refractivity contribution in [2.45, 2.75) is 6.10 Å². The maximum atomic E-state index is 12.1. The molecule has 0 fully saturated rings. The van der Waals surface area contributed by atoms with Crippen LogP contribution in [-0.4, -0.2) is 29.5 Å². The summed E-state index contributed by atoms with van der Waals surface area (Å²) in [5.41, 5.74) is 1.98. The largest absolute Gasteiger partial charge is 0.390 e. The highest BCUT2D eigenvalue weighted by molar-refractivity contribution is 6.30. The van der Waals surface area contributed by atoms with Crippen molar-refractivity contribution in [1.82, 2.24) is 0 Å². The van der Waals surface area contributed by atoms with E-state index < -0.39 is 6.10 Å². The lowest BCUT2D eigenvalue weighted by Gasteiger charge is -2.12. The lowest BCUT2D eigenvalue weighted by atomic mass is 10.2. The van der Waals surface area contributed by atoms with E-state index in [-0.39, 0.29) is 11.8 Å². The second kappa shape index (κ2) is 8.03. The zero-order valence-electron chi connectivity index (χ0n) is 11.7. The normalized spacial score (nSPS) is 11.8. The number of alkyl halides is 1. The minimum atomic E-state index is -0.617. The molecular weight excluding hydrogens is 323 g/mol. The number of carbonyl (C=O) groups excluding carboxylic acids is 1. The van der Waals surface area contributed by atoms with Crippen molar-refractivity contribution in [2.75, 3.05) is 23.1 Å². The Bertz CT molecular complexity index is 632. The van der Waals surface area contributed by atoms with Crippen molar-refractivity contribution < 1.29 is 9.90 Å². The minimum absolute atomic E-state index is 0.167. The Morgan fingerprint density at radius 1 is 1.14 bits per heavy atom. The van der Waals surface area contributed by atoms with E-state index in [2.05, 4.69) is 10.6 Å². The molecule has 2 aromatic rings. The third-order valence-electron chi connectivity index (χ3n) is 2.95. The van der Waals surface area contributed by atoms with Crippen LogP contribution in [0.2, 0.25) is 5.02 Å². The van der Waals surface area contributed by atoms with E-state index in [1.165, 1.54) is 0 Å². The standard InChI is InChI=1S/C16H16Cl2N2O2/c17-9-15(21)10-19-13-2-1-3-14(8-13)20-16(22)11-4-6-12(18)7-5-11/h1-8,15,19,21H,9-10H2,(H,20,22).